The molecule has 2 aromatic heterocycles. The van der Waals surface area contributed by atoms with Gasteiger partial charge in [0.2, 0.25) is 0 Å². The summed E-state index contributed by atoms with van der Waals surface area (Å²) in [5.41, 5.74) is 0.186. The molecule has 0 saturated carbocycles. The summed E-state index contributed by atoms with van der Waals surface area (Å²) in [6.07, 6.45) is 3.06. The van der Waals surface area contributed by atoms with Crippen molar-refractivity contribution in [1.29, 1.82) is 0 Å². The summed E-state index contributed by atoms with van der Waals surface area (Å²) in [4.78, 5) is 32.0. The van der Waals surface area contributed by atoms with E-state index in [9.17, 15) is 4.79 Å². The summed E-state index contributed by atoms with van der Waals surface area (Å²) in [7, 11) is -4.23. The van der Waals surface area contributed by atoms with E-state index < -0.39 is 34.2 Å². The molecule has 2 aromatic carbocycles. The number of halogens is 2. The monoisotopic (exact) mass is 851 g/mol. The predicted molar refractivity (Wildman–Crippen MR) is 238 cm³/mol. The second-order valence-corrected chi connectivity index (χ2v) is 30.1. The number of nitrogens with zero attached hydrogens (tertiary/aromatic N) is 5. The molecule has 2 aliphatic heterocycles. The van der Waals surface area contributed by atoms with Gasteiger partial charge in [0, 0.05) is 48.3 Å². The number of rotatable bonds is 11. The van der Waals surface area contributed by atoms with Crippen LogP contribution in [0.25, 0.3) is 32.9 Å². The molecular weight excluding hydrogens is 789 g/mol. The Balaban J connectivity index is 1.43. The zero-order chi connectivity index (χ0) is 42.6. The third-order valence-electron chi connectivity index (χ3n) is 12.6. The average Bonchev–Trinajstić information content (AvgIpc) is 3.38. The summed E-state index contributed by atoms with van der Waals surface area (Å²) in [6, 6.07) is 11.1. The van der Waals surface area contributed by atoms with Gasteiger partial charge in [-0.05, 0) is 81.3 Å². The number of pyridine rings is 1. The third-order valence-corrected chi connectivity index (χ3v) is 21.9. The zero-order valence-electron chi connectivity index (χ0n) is 36.8. The summed E-state index contributed by atoms with van der Waals surface area (Å²) >= 11 is 6.72. The van der Waals surface area contributed by atoms with E-state index in [0.29, 0.717) is 59.9 Å². The van der Waals surface area contributed by atoms with E-state index in [4.69, 9.17) is 44.9 Å². The Bertz CT molecular complexity index is 2130. The molecule has 10 nitrogen and oxygen atoms in total. The van der Waals surface area contributed by atoms with Gasteiger partial charge in [-0.15, -0.1) is 0 Å². The van der Waals surface area contributed by atoms with E-state index in [0.717, 1.165) is 18.2 Å². The minimum Gasteiger partial charge on any atom is -0.458 e. The predicted octanol–water partition coefficient (Wildman–Crippen LogP) is 11.4. The van der Waals surface area contributed by atoms with Crippen molar-refractivity contribution in [2.75, 3.05) is 31.2 Å². The maximum Gasteiger partial charge on any atom is 0.410 e. The fourth-order valence-electron chi connectivity index (χ4n) is 7.19. The number of hydrogen-bond donors (Lipinski definition) is 0. The van der Waals surface area contributed by atoms with E-state index in [2.05, 4.69) is 72.6 Å². The number of anilines is 1. The number of benzene rings is 2. The van der Waals surface area contributed by atoms with E-state index in [-0.39, 0.29) is 45.5 Å². The molecule has 2 bridgehead atoms. The van der Waals surface area contributed by atoms with Gasteiger partial charge in [-0.1, -0.05) is 83.5 Å². The fraction of sp³-hybridized carbons (Fsp3) is 0.591. The van der Waals surface area contributed by atoms with Crippen molar-refractivity contribution in [3.63, 3.8) is 0 Å². The fourth-order valence-corrected chi connectivity index (χ4v) is 9.57. The molecular formula is C44H63ClFN5O5Si2. The number of fused-ring (bicyclic) bond motifs is 4. The molecule has 2 aliphatic rings. The summed E-state index contributed by atoms with van der Waals surface area (Å²) < 4.78 is 43.2. The molecule has 58 heavy (non-hydrogen) atoms. The van der Waals surface area contributed by atoms with Gasteiger partial charge in [0.05, 0.1) is 24.1 Å². The molecule has 0 radical (unpaired) electrons. The van der Waals surface area contributed by atoms with E-state index >= 15 is 4.39 Å². The van der Waals surface area contributed by atoms with Crippen molar-refractivity contribution in [3.8, 4) is 17.3 Å². The maximum atomic E-state index is 17.3. The second-order valence-electron chi connectivity index (χ2n) is 20.0. The van der Waals surface area contributed by atoms with Crippen molar-refractivity contribution < 1.29 is 27.5 Å². The lowest BCUT2D eigenvalue weighted by atomic mass is 10.0. The maximum absolute atomic E-state index is 17.3. The molecule has 0 N–H and O–H groups in total. The Kier molecular flexibility index (Phi) is 12.4. The van der Waals surface area contributed by atoms with Crippen molar-refractivity contribution in [2.24, 2.45) is 0 Å². The summed E-state index contributed by atoms with van der Waals surface area (Å²) in [5.74, 6) is -0.0830. The van der Waals surface area contributed by atoms with Crippen LogP contribution < -0.4 is 9.64 Å². The quantitative estimate of drug-likeness (QED) is 0.137. The number of aromatic nitrogens is 3. The van der Waals surface area contributed by atoms with Gasteiger partial charge in [0.1, 0.15) is 28.7 Å². The van der Waals surface area contributed by atoms with Gasteiger partial charge in [-0.2, -0.15) is 9.97 Å². The van der Waals surface area contributed by atoms with Gasteiger partial charge in [0.15, 0.2) is 22.5 Å². The van der Waals surface area contributed by atoms with Crippen LogP contribution in [0.15, 0.2) is 42.6 Å². The highest BCUT2D eigenvalue weighted by molar-refractivity contribution is 6.74. The summed E-state index contributed by atoms with van der Waals surface area (Å²) in [5, 5.41) is 2.58. The number of carbonyl (C=O) groups is 1. The summed E-state index contributed by atoms with van der Waals surface area (Å²) in [6.45, 7) is 29.6. The Morgan fingerprint density at radius 1 is 0.897 bits per heavy atom. The molecule has 4 aromatic rings. The van der Waals surface area contributed by atoms with Crippen LogP contribution in [0.3, 0.4) is 0 Å². The molecule has 316 valence electrons. The number of hydrogen-bond acceptors (Lipinski definition) is 9. The minimum atomic E-state index is -2.18. The highest BCUT2D eigenvalue weighted by Gasteiger charge is 2.45. The van der Waals surface area contributed by atoms with Crippen molar-refractivity contribution in [2.45, 2.75) is 142 Å². The van der Waals surface area contributed by atoms with Gasteiger partial charge < -0.3 is 23.2 Å². The number of piperazine rings is 1. The lowest BCUT2D eigenvalue weighted by Gasteiger charge is -2.42. The second kappa shape index (κ2) is 16.2. The van der Waals surface area contributed by atoms with Crippen molar-refractivity contribution in [1.82, 2.24) is 19.9 Å². The van der Waals surface area contributed by atoms with Gasteiger partial charge in [-0.3, -0.25) is 9.88 Å². The molecule has 1 amide bonds. The zero-order valence-corrected chi connectivity index (χ0v) is 39.5. The Labute approximate surface area is 351 Å². The lowest BCUT2D eigenvalue weighted by Crippen LogP contribution is -2.57. The number of amides is 1. The van der Waals surface area contributed by atoms with Crippen LogP contribution in [0.2, 0.25) is 41.3 Å². The first-order chi connectivity index (χ1) is 26.9. The third kappa shape index (κ3) is 9.33. The van der Waals surface area contributed by atoms with Crippen LogP contribution in [-0.2, 0) is 13.6 Å². The molecule has 2 fully saturated rings. The van der Waals surface area contributed by atoms with Crippen molar-refractivity contribution >= 4 is 61.8 Å². The highest BCUT2D eigenvalue weighted by atomic mass is 35.5. The van der Waals surface area contributed by atoms with Crippen molar-refractivity contribution in [3.05, 3.63) is 53.4 Å². The Morgan fingerprint density at radius 2 is 1.50 bits per heavy atom. The highest BCUT2D eigenvalue weighted by Crippen LogP contribution is 2.41. The van der Waals surface area contributed by atoms with E-state index in [1.54, 1.807) is 12.3 Å². The first kappa shape index (κ1) is 44.2. The molecule has 4 heterocycles. The van der Waals surface area contributed by atoms with Crippen LogP contribution in [0.4, 0.5) is 15.0 Å². The molecule has 14 heteroatoms. The van der Waals surface area contributed by atoms with Crippen LogP contribution in [0.1, 0.15) is 81.6 Å². The first-order valence-electron chi connectivity index (χ1n) is 20.6. The normalized spacial score (nSPS) is 18.6. The molecule has 3 atom stereocenters. The van der Waals surface area contributed by atoms with Crippen LogP contribution in [0, 0.1) is 5.82 Å². The van der Waals surface area contributed by atoms with E-state index in [1.807, 2.05) is 56.0 Å². The molecule has 0 spiro atoms. The first-order valence-corrected chi connectivity index (χ1v) is 26.8. The molecule has 0 aliphatic carbocycles. The minimum absolute atomic E-state index is 0.0142. The van der Waals surface area contributed by atoms with Crippen LogP contribution in [-0.4, -0.2) is 92.7 Å². The Morgan fingerprint density at radius 3 is 2.10 bits per heavy atom. The van der Waals surface area contributed by atoms with Gasteiger partial charge in [-0.25, -0.2) is 9.18 Å². The topological polar surface area (TPSA) is 99.1 Å². The van der Waals surface area contributed by atoms with Crippen LogP contribution in [0.5, 0.6) is 6.01 Å². The SMILES string of the molecule is CC(C)(C)OC(=O)N1C2CCC1CN(c1nc(O[C@@H](CCO[Si](C)(C)C(C)(C)C)CO[Si](C)(C)C(C)(C)C)nc3c(F)c(-c4cccc5cccc(Cl)c45)ncc13)C2. The van der Waals surface area contributed by atoms with Crippen LogP contribution >= 0.6 is 11.6 Å². The number of carbonyl (C=O) groups excluding carboxylic acids is 1. The van der Waals surface area contributed by atoms with Gasteiger partial charge >= 0.3 is 12.1 Å². The largest absolute Gasteiger partial charge is 0.458 e. The number of ether oxygens (including phenoxy) is 2. The smallest absolute Gasteiger partial charge is 0.410 e. The van der Waals surface area contributed by atoms with E-state index in [1.165, 1.54) is 0 Å². The molecule has 2 saturated heterocycles. The average molecular weight is 853 g/mol. The van der Waals surface area contributed by atoms with Gasteiger partial charge in [0.25, 0.3) is 0 Å². The Hall–Kier alpha value is -3.37. The molecule has 6 rings (SSSR count). The standard InChI is InChI=1S/C44H63ClFN5O5Si2/c1-42(2,3)56-41(52)51-29-20-21-30(51)26-50(25-29)39-33-24-47-37(32-18-14-16-28-17-15-19-34(45)35(28)32)36(46)38(33)48-40(49-39)55-31(27-54-58(12,13)44(7,8)9)22-23-53-57(10,11)43(4,5)6/h14-19,24,29-31H,20-23,25-27H2,1-13H3/t29?,30?,31-/m0/s1. The molecule has 2 unspecified atom stereocenters. The lowest BCUT2D eigenvalue weighted by molar-refractivity contribution is 0.0122.